The summed E-state index contributed by atoms with van der Waals surface area (Å²) >= 11 is 0. The highest BCUT2D eigenvalue weighted by atomic mass is 28.4. The van der Waals surface area contributed by atoms with Crippen LogP contribution in [0, 0.1) is 5.92 Å². The highest BCUT2D eigenvalue weighted by Crippen LogP contribution is 2.36. The number of allylic oxidation sites excluding steroid dienone is 1. The molecular weight excluding hydrogens is 308 g/mol. The van der Waals surface area contributed by atoms with E-state index in [1.165, 1.54) is 11.1 Å². The number of hydrogen-bond acceptors (Lipinski definition) is 4. The van der Waals surface area contributed by atoms with Gasteiger partial charge in [0.15, 0.2) is 0 Å². The van der Waals surface area contributed by atoms with Crippen LogP contribution in [-0.4, -0.2) is 43.3 Å². The fraction of sp³-hybridized carbons (Fsp3) is 0.444. The normalized spacial score (nSPS) is 20.0. The molecule has 0 N–H and O–H groups in total. The standard InChI is InChI=1S/C18H26O4Si/c1-14(2)18(23(19-3,20-4)21-5)17-13-22-12-16(17)11-15-9-7-6-8-10-15/h6-11,17H,12-13H2,1-5H3/b16-11+. The van der Waals surface area contributed by atoms with Crippen molar-refractivity contribution in [3.63, 3.8) is 0 Å². The monoisotopic (exact) mass is 334 g/mol. The SMILES string of the molecule is CO[Si](OC)(OC)C(=C(C)C)C1COC/C1=C\c1ccccc1. The Hall–Kier alpha value is -1.24. The smallest absolute Gasteiger partial charge is 0.376 e. The van der Waals surface area contributed by atoms with Crippen LogP contribution in [-0.2, 0) is 18.0 Å². The van der Waals surface area contributed by atoms with Gasteiger partial charge in [0.2, 0.25) is 0 Å². The molecule has 4 nitrogen and oxygen atoms in total. The van der Waals surface area contributed by atoms with Gasteiger partial charge in [-0.2, -0.15) is 0 Å². The molecule has 5 heteroatoms. The third-order valence-electron chi connectivity index (χ3n) is 4.18. The van der Waals surface area contributed by atoms with Gasteiger partial charge in [0, 0.05) is 32.4 Å². The minimum atomic E-state index is -2.88. The minimum absolute atomic E-state index is 0.131. The second-order valence-corrected chi connectivity index (χ2v) is 8.66. The fourth-order valence-corrected chi connectivity index (χ4v) is 5.59. The van der Waals surface area contributed by atoms with Crippen LogP contribution in [0.5, 0.6) is 0 Å². The minimum Gasteiger partial charge on any atom is -0.376 e. The fourth-order valence-electron chi connectivity index (χ4n) is 3.12. The maximum Gasteiger partial charge on any atom is 0.532 e. The first kappa shape index (κ1) is 18.1. The highest BCUT2D eigenvalue weighted by molar-refractivity contribution is 6.69. The maximum absolute atomic E-state index is 5.75. The Morgan fingerprint density at radius 3 is 2.22 bits per heavy atom. The zero-order valence-electron chi connectivity index (χ0n) is 14.6. The molecule has 1 aromatic rings. The van der Waals surface area contributed by atoms with Crippen LogP contribution in [0.2, 0.25) is 0 Å². The van der Waals surface area contributed by atoms with Gasteiger partial charge in [-0.05, 0) is 25.0 Å². The van der Waals surface area contributed by atoms with E-state index in [4.69, 9.17) is 18.0 Å². The highest BCUT2D eigenvalue weighted by Gasteiger charge is 2.48. The second-order valence-electron chi connectivity index (χ2n) is 5.78. The molecule has 1 saturated heterocycles. The molecule has 1 atom stereocenters. The van der Waals surface area contributed by atoms with E-state index in [1.54, 1.807) is 21.3 Å². The summed E-state index contributed by atoms with van der Waals surface area (Å²) in [6.45, 7) is 5.40. The largest absolute Gasteiger partial charge is 0.532 e. The summed E-state index contributed by atoms with van der Waals surface area (Å²) in [5, 5.41) is 1.10. The van der Waals surface area contributed by atoms with E-state index in [0.29, 0.717) is 13.2 Å². The van der Waals surface area contributed by atoms with Gasteiger partial charge in [-0.25, -0.2) is 0 Å². The lowest BCUT2D eigenvalue weighted by Gasteiger charge is -2.31. The molecule has 1 aliphatic rings. The molecule has 1 unspecified atom stereocenters. The predicted octanol–water partition coefficient (Wildman–Crippen LogP) is 3.47. The lowest BCUT2D eigenvalue weighted by molar-refractivity contribution is 0.128. The number of hydrogen-bond donors (Lipinski definition) is 0. The van der Waals surface area contributed by atoms with Crippen LogP contribution in [0.4, 0.5) is 0 Å². The van der Waals surface area contributed by atoms with Crippen molar-refractivity contribution in [1.29, 1.82) is 0 Å². The molecule has 0 saturated carbocycles. The molecule has 0 radical (unpaired) electrons. The van der Waals surface area contributed by atoms with Gasteiger partial charge in [-0.15, -0.1) is 0 Å². The quantitative estimate of drug-likeness (QED) is 0.747. The van der Waals surface area contributed by atoms with Crippen molar-refractivity contribution in [2.45, 2.75) is 13.8 Å². The van der Waals surface area contributed by atoms with Crippen LogP contribution in [0.1, 0.15) is 19.4 Å². The lowest BCUT2D eigenvalue weighted by atomic mass is 9.97. The molecule has 1 heterocycles. The van der Waals surface area contributed by atoms with Crippen molar-refractivity contribution in [3.8, 4) is 0 Å². The van der Waals surface area contributed by atoms with E-state index >= 15 is 0 Å². The second kappa shape index (κ2) is 8.03. The van der Waals surface area contributed by atoms with Gasteiger partial charge in [0.05, 0.1) is 13.2 Å². The summed E-state index contributed by atoms with van der Waals surface area (Å²) in [5.41, 5.74) is 3.57. The molecule has 0 amide bonds. The molecule has 0 aliphatic carbocycles. The van der Waals surface area contributed by atoms with Crippen LogP contribution in [0.3, 0.4) is 0 Å². The molecular formula is C18H26O4Si. The van der Waals surface area contributed by atoms with Crippen LogP contribution >= 0.6 is 0 Å². The van der Waals surface area contributed by atoms with E-state index in [1.807, 2.05) is 18.2 Å². The average Bonchev–Trinajstić information content (AvgIpc) is 3.00. The van der Waals surface area contributed by atoms with Gasteiger partial charge < -0.3 is 18.0 Å². The van der Waals surface area contributed by atoms with E-state index in [0.717, 1.165) is 10.8 Å². The summed E-state index contributed by atoms with van der Waals surface area (Å²) in [4.78, 5) is 0. The maximum atomic E-state index is 5.75. The Balaban J connectivity index is 2.44. The van der Waals surface area contributed by atoms with E-state index < -0.39 is 8.80 Å². The van der Waals surface area contributed by atoms with Crippen molar-refractivity contribution in [2.75, 3.05) is 34.5 Å². The molecule has 126 valence electrons. The van der Waals surface area contributed by atoms with Crippen LogP contribution in [0.25, 0.3) is 6.08 Å². The van der Waals surface area contributed by atoms with Crippen LogP contribution in [0.15, 0.2) is 46.7 Å². The molecule has 1 aromatic carbocycles. The number of rotatable bonds is 6. The van der Waals surface area contributed by atoms with Gasteiger partial charge in [0.1, 0.15) is 0 Å². The Kier molecular flexibility index (Phi) is 6.32. The molecule has 2 rings (SSSR count). The topological polar surface area (TPSA) is 36.9 Å². The van der Waals surface area contributed by atoms with E-state index in [-0.39, 0.29) is 5.92 Å². The summed E-state index contributed by atoms with van der Waals surface area (Å²) in [6.07, 6.45) is 2.20. The Bertz CT molecular complexity index is 564. The molecule has 0 spiro atoms. The summed E-state index contributed by atoms with van der Waals surface area (Å²) in [7, 11) is 2.08. The zero-order chi connectivity index (χ0) is 16.9. The zero-order valence-corrected chi connectivity index (χ0v) is 15.6. The van der Waals surface area contributed by atoms with Crippen molar-refractivity contribution in [3.05, 3.63) is 52.2 Å². The Morgan fingerprint density at radius 2 is 1.70 bits per heavy atom. The average molecular weight is 334 g/mol. The first-order chi connectivity index (χ1) is 11.1. The molecule has 23 heavy (non-hydrogen) atoms. The summed E-state index contributed by atoms with van der Waals surface area (Å²) in [6, 6.07) is 10.3. The van der Waals surface area contributed by atoms with Crippen LogP contribution < -0.4 is 0 Å². The Labute approximate surface area is 140 Å². The molecule has 0 bridgehead atoms. The Morgan fingerprint density at radius 1 is 1.09 bits per heavy atom. The summed E-state index contributed by atoms with van der Waals surface area (Å²) in [5.74, 6) is 0.131. The number of ether oxygens (including phenoxy) is 1. The first-order valence-electron chi connectivity index (χ1n) is 7.74. The predicted molar refractivity (Wildman–Crippen MR) is 93.9 cm³/mol. The third-order valence-corrected chi connectivity index (χ3v) is 7.30. The van der Waals surface area contributed by atoms with E-state index in [2.05, 4.69) is 32.1 Å². The summed E-state index contributed by atoms with van der Waals surface area (Å²) < 4.78 is 22.9. The molecule has 1 fully saturated rings. The van der Waals surface area contributed by atoms with Gasteiger partial charge >= 0.3 is 8.80 Å². The van der Waals surface area contributed by atoms with Crippen molar-refractivity contribution < 1.29 is 18.0 Å². The third kappa shape index (κ3) is 3.81. The first-order valence-corrected chi connectivity index (χ1v) is 9.47. The molecule has 1 aliphatic heterocycles. The van der Waals surface area contributed by atoms with Crippen molar-refractivity contribution in [2.24, 2.45) is 5.92 Å². The molecule has 0 aromatic heterocycles. The van der Waals surface area contributed by atoms with Gasteiger partial charge in [-0.3, -0.25) is 0 Å². The van der Waals surface area contributed by atoms with Gasteiger partial charge in [0.25, 0.3) is 0 Å². The van der Waals surface area contributed by atoms with Crippen molar-refractivity contribution in [1.82, 2.24) is 0 Å². The van der Waals surface area contributed by atoms with Crippen molar-refractivity contribution >= 4 is 14.9 Å². The lowest BCUT2D eigenvalue weighted by Crippen LogP contribution is -2.48. The van der Waals surface area contributed by atoms with E-state index in [9.17, 15) is 0 Å². The van der Waals surface area contributed by atoms with Gasteiger partial charge in [-0.1, -0.05) is 42.0 Å². The number of benzene rings is 1.